The highest BCUT2D eigenvalue weighted by molar-refractivity contribution is 5.01. The fourth-order valence-corrected chi connectivity index (χ4v) is 2.80. The molecule has 1 atom stereocenters. The van der Waals surface area contributed by atoms with Crippen molar-refractivity contribution in [1.82, 2.24) is 29.9 Å². The van der Waals surface area contributed by atoms with Gasteiger partial charge in [-0.2, -0.15) is 4.98 Å². The van der Waals surface area contributed by atoms with Crippen LogP contribution in [0.1, 0.15) is 29.5 Å². The maximum atomic E-state index is 5.02. The smallest absolute Gasteiger partial charge is 0.223 e. The molecule has 1 saturated heterocycles. The number of likely N-dealkylation sites (N-methyl/N-ethyl adjacent to an activating group) is 1. The van der Waals surface area contributed by atoms with Crippen LogP contribution in [0.2, 0.25) is 0 Å². The van der Waals surface area contributed by atoms with Gasteiger partial charge in [0.2, 0.25) is 5.89 Å². The molecule has 0 aliphatic carbocycles. The summed E-state index contributed by atoms with van der Waals surface area (Å²) in [5, 5.41) is 3.96. The molecule has 7 nitrogen and oxygen atoms in total. The van der Waals surface area contributed by atoms with Crippen molar-refractivity contribution in [2.75, 3.05) is 20.1 Å². The summed E-state index contributed by atoms with van der Waals surface area (Å²) in [6, 6.07) is 0.511. The van der Waals surface area contributed by atoms with Crippen LogP contribution in [0.25, 0.3) is 0 Å². The first-order chi connectivity index (χ1) is 10.6. The summed E-state index contributed by atoms with van der Waals surface area (Å²) < 4.78 is 5.02. The lowest BCUT2D eigenvalue weighted by molar-refractivity contribution is 0.215. The van der Waals surface area contributed by atoms with E-state index in [2.05, 4.69) is 37.0 Å². The number of aryl methyl sites for hydroxylation is 2. The second kappa shape index (κ2) is 6.50. The normalized spacial score (nSPS) is 19.2. The Balaban J connectivity index is 1.52. The van der Waals surface area contributed by atoms with Gasteiger partial charge in [0.25, 0.3) is 0 Å². The van der Waals surface area contributed by atoms with Gasteiger partial charge in [0.1, 0.15) is 0 Å². The van der Waals surface area contributed by atoms with E-state index in [0.717, 1.165) is 49.8 Å². The summed E-state index contributed by atoms with van der Waals surface area (Å²) in [5.41, 5.74) is 1.99. The maximum absolute atomic E-state index is 5.02. The summed E-state index contributed by atoms with van der Waals surface area (Å²) in [6.07, 6.45) is 4.84. The Hall–Kier alpha value is -1.86. The van der Waals surface area contributed by atoms with Gasteiger partial charge in [-0.15, -0.1) is 0 Å². The van der Waals surface area contributed by atoms with E-state index in [0.29, 0.717) is 11.9 Å². The molecule has 3 heterocycles. The van der Waals surface area contributed by atoms with Crippen LogP contribution in [-0.2, 0) is 13.1 Å². The number of hydrogen-bond acceptors (Lipinski definition) is 7. The third-order valence-electron chi connectivity index (χ3n) is 4.05. The molecule has 0 N–H and O–H groups in total. The quantitative estimate of drug-likeness (QED) is 0.821. The van der Waals surface area contributed by atoms with Gasteiger partial charge >= 0.3 is 0 Å². The van der Waals surface area contributed by atoms with E-state index in [4.69, 9.17) is 4.52 Å². The Morgan fingerprint density at radius 3 is 2.86 bits per heavy atom. The molecular weight excluding hydrogens is 280 g/mol. The van der Waals surface area contributed by atoms with Crippen molar-refractivity contribution in [3.8, 4) is 0 Å². The number of rotatable bonds is 5. The van der Waals surface area contributed by atoms with E-state index in [9.17, 15) is 0 Å². The molecule has 1 fully saturated rings. The van der Waals surface area contributed by atoms with Crippen molar-refractivity contribution in [1.29, 1.82) is 0 Å². The monoisotopic (exact) mass is 302 g/mol. The molecule has 0 aromatic carbocycles. The highest BCUT2D eigenvalue weighted by atomic mass is 16.5. The van der Waals surface area contributed by atoms with Crippen molar-refractivity contribution in [2.45, 2.75) is 39.4 Å². The topological polar surface area (TPSA) is 71.2 Å². The van der Waals surface area contributed by atoms with Crippen LogP contribution in [0.5, 0.6) is 0 Å². The van der Waals surface area contributed by atoms with Gasteiger partial charge in [0.05, 0.1) is 17.9 Å². The fourth-order valence-electron chi connectivity index (χ4n) is 2.80. The van der Waals surface area contributed by atoms with E-state index in [1.165, 1.54) is 0 Å². The van der Waals surface area contributed by atoms with Crippen LogP contribution < -0.4 is 0 Å². The lowest BCUT2D eigenvalue weighted by Crippen LogP contribution is -2.34. The molecule has 2 aromatic rings. The first kappa shape index (κ1) is 15.1. The lowest BCUT2D eigenvalue weighted by Gasteiger charge is -2.23. The third-order valence-corrected chi connectivity index (χ3v) is 4.05. The molecule has 0 bridgehead atoms. The van der Waals surface area contributed by atoms with E-state index >= 15 is 0 Å². The molecule has 22 heavy (non-hydrogen) atoms. The van der Waals surface area contributed by atoms with Gasteiger partial charge in [0.15, 0.2) is 5.82 Å². The minimum atomic E-state index is 0.511. The number of hydrogen-bond donors (Lipinski definition) is 0. The van der Waals surface area contributed by atoms with Gasteiger partial charge in [0, 0.05) is 45.0 Å². The third kappa shape index (κ3) is 3.66. The van der Waals surface area contributed by atoms with Crippen molar-refractivity contribution < 1.29 is 4.52 Å². The van der Waals surface area contributed by atoms with Gasteiger partial charge in [-0.25, -0.2) is 0 Å². The van der Waals surface area contributed by atoms with Crippen LogP contribution in [0.3, 0.4) is 0 Å². The molecule has 0 saturated carbocycles. The van der Waals surface area contributed by atoms with E-state index in [-0.39, 0.29) is 0 Å². The van der Waals surface area contributed by atoms with Crippen molar-refractivity contribution >= 4 is 0 Å². The Morgan fingerprint density at radius 1 is 1.32 bits per heavy atom. The molecular formula is C15H22N6O. The average molecular weight is 302 g/mol. The predicted molar refractivity (Wildman–Crippen MR) is 81.0 cm³/mol. The van der Waals surface area contributed by atoms with E-state index in [1.54, 1.807) is 0 Å². The van der Waals surface area contributed by atoms with Gasteiger partial charge in [-0.05, 0) is 20.4 Å². The minimum absolute atomic E-state index is 0.511. The number of likely N-dealkylation sites (tertiary alicyclic amines) is 1. The maximum Gasteiger partial charge on any atom is 0.223 e. The Morgan fingerprint density at radius 2 is 2.18 bits per heavy atom. The number of aromatic nitrogens is 4. The van der Waals surface area contributed by atoms with Crippen molar-refractivity contribution in [2.24, 2.45) is 0 Å². The number of nitrogens with zero attached hydrogens (tertiary/aromatic N) is 6. The van der Waals surface area contributed by atoms with Crippen LogP contribution in [0.15, 0.2) is 16.9 Å². The van der Waals surface area contributed by atoms with Crippen LogP contribution in [0, 0.1) is 13.8 Å². The highest BCUT2D eigenvalue weighted by Crippen LogP contribution is 2.17. The fraction of sp³-hybridized carbons (Fsp3) is 0.600. The minimum Gasteiger partial charge on any atom is -0.340 e. The molecule has 0 radical (unpaired) electrons. The highest BCUT2D eigenvalue weighted by Gasteiger charge is 2.26. The summed E-state index contributed by atoms with van der Waals surface area (Å²) in [5.74, 6) is 1.37. The largest absolute Gasteiger partial charge is 0.340 e. The van der Waals surface area contributed by atoms with Crippen LogP contribution >= 0.6 is 0 Å². The molecule has 7 heteroatoms. The first-order valence-electron chi connectivity index (χ1n) is 7.59. The molecule has 0 amide bonds. The van der Waals surface area contributed by atoms with Gasteiger partial charge in [-0.1, -0.05) is 5.16 Å². The molecule has 1 aliphatic rings. The predicted octanol–water partition coefficient (Wildman–Crippen LogP) is 1.18. The van der Waals surface area contributed by atoms with Crippen molar-refractivity contribution in [3.05, 3.63) is 35.5 Å². The summed E-state index contributed by atoms with van der Waals surface area (Å²) in [4.78, 5) is 17.7. The zero-order valence-corrected chi connectivity index (χ0v) is 13.4. The zero-order chi connectivity index (χ0) is 15.5. The standard InChI is InChI=1S/C15H22N6O/c1-11-6-17-13(7-16-11)8-21-5-4-14(9-21)20(3)10-15-18-12(2)22-19-15/h6-7,14H,4-5,8-10H2,1-3H3. The van der Waals surface area contributed by atoms with Crippen molar-refractivity contribution in [3.63, 3.8) is 0 Å². The Bertz CT molecular complexity index is 611. The molecule has 118 valence electrons. The van der Waals surface area contributed by atoms with Crippen LogP contribution in [-0.4, -0.2) is 56.1 Å². The molecule has 1 aliphatic heterocycles. The first-order valence-corrected chi connectivity index (χ1v) is 7.59. The lowest BCUT2D eigenvalue weighted by atomic mass is 10.2. The van der Waals surface area contributed by atoms with E-state index in [1.807, 2.05) is 26.2 Å². The summed E-state index contributed by atoms with van der Waals surface area (Å²) in [7, 11) is 2.12. The van der Waals surface area contributed by atoms with Gasteiger partial charge in [-0.3, -0.25) is 19.8 Å². The summed E-state index contributed by atoms with van der Waals surface area (Å²) >= 11 is 0. The van der Waals surface area contributed by atoms with Crippen LogP contribution in [0.4, 0.5) is 0 Å². The Labute approximate surface area is 130 Å². The second-order valence-corrected chi connectivity index (χ2v) is 5.97. The SMILES string of the molecule is Cc1cnc(CN2CCC(N(C)Cc3noc(C)n3)C2)cn1. The van der Waals surface area contributed by atoms with Gasteiger partial charge < -0.3 is 4.52 Å². The second-order valence-electron chi connectivity index (χ2n) is 5.97. The molecule has 1 unspecified atom stereocenters. The average Bonchev–Trinajstić information content (AvgIpc) is 3.11. The van der Waals surface area contributed by atoms with E-state index < -0.39 is 0 Å². The molecule has 2 aromatic heterocycles. The molecule has 3 rings (SSSR count). The molecule has 0 spiro atoms. The summed E-state index contributed by atoms with van der Waals surface area (Å²) in [6.45, 7) is 7.46. The zero-order valence-electron chi connectivity index (χ0n) is 13.4. The Kier molecular flexibility index (Phi) is 4.44.